The van der Waals surface area contributed by atoms with E-state index in [1.807, 2.05) is 25.3 Å². The lowest BCUT2D eigenvalue weighted by molar-refractivity contribution is 1.17. The van der Waals surface area contributed by atoms with Crippen LogP contribution in [-0.2, 0) is 0 Å². The minimum Gasteiger partial charge on any atom is -0.360 e. The minimum atomic E-state index is 0.347. The van der Waals surface area contributed by atoms with E-state index in [0.29, 0.717) is 11.4 Å². The fourth-order valence-electron chi connectivity index (χ4n) is 2.05. The molecule has 1 aromatic carbocycles. The number of fused-ring (bicyclic) bond motifs is 1. The monoisotopic (exact) mass is 234 g/mol. The highest BCUT2D eigenvalue weighted by Crippen LogP contribution is 2.29. The summed E-state index contributed by atoms with van der Waals surface area (Å²) in [4.78, 5) is 11.5. The maximum Gasteiger partial charge on any atom is 0.166 e. The number of nitrogens with one attached hydrogen (secondary N) is 1. The summed E-state index contributed by atoms with van der Waals surface area (Å²) in [6.07, 6.45) is 5.00. The highest BCUT2D eigenvalue weighted by molar-refractivity contribution is 5.95. The highest BCUT2D eigenvalue weighted by atomic mass is 14.8. The number of aromatic nitrogens is 3. The summed E-state index contributed by atoms with van der Waals surface area (Å²) < 4.78 is 0. The molecule has 3 rings (SSSR count). The van der Waals surface area contributed by atoms with Crippen LogP contribution in [0.5, 0.6) is 0 Å². The van der Waals surface area contributed by atoms with E-state index in [4.69, 9.17) is 5.26 Å². The molecule has 86 valence electrons. The molecule has 3 aromatic rings. The summed E-state index contributed by atoms with van der Waals surface area (Å²) in [5.74, 6) is 0. The molecule has 18 heavy (non-hydrogen) atoms. The number of H-pyrrole nitrogens is 1. The predicted molar refractivity (Wildman–Crippen MR) is 68.8 cm³/mol. The lowest BCUT2D eigenvalue weighted by atomic mass is 10.1. The summed E-state index contributed by atoms with van der Waals surface area (Å²) >= 11 is 0. The molecule has 0 aliphatic carbocycles. The predicted octanol–water partition coefficient (Wildman–Crippen LogP) is 2.80. The molecule has 0 spiro atoms. The van der Waals surface area contributed by atoms with E-state index in [2.05, 4.69) is 27.1 Å². The van der Waals surface area contributed by atoms with Gasteiger partial charge in [-0.15, -0.1) is 0 Å². The van der Waals surface area contributed by atoms with E-state index in [1.54, 1.807) is 6.20 Å². The van der Waals surface area contributed by atoms with Gasteiger partial charge >= 0.3 is 0 Å². The van der Waals surface area contributed by atoms with Crippen molar-refractivity contribution in [2.24, 2.45) is 0 Å². The van der Waals surface area contributed by atoms with Crippen LogP contribution in [0, 0.1) is 18.3 Å². The van der Waals surface area contributed by atoms with Crippen molar-refractivity contribution in [1.29, 1.82) is 5.26 Å². The van der Waals surface area contributed by atoms with E-state index in [0.717, 1.165) is 16.5 Å². The summed E-state index contributed by atoms with van der Waals surface area (Å²) in [7, 11) is 0. The van der Waals surface area contributed by atoms with Crippen molar-refractivity contribution in [3.8, 4) is 17.3 Å². The van der Waals surface area contributed by atoms with Crippen molar-refractivity contribution in [2.45, 2.75) is 6.92 Å². The van der Waals surface area contributed by atoms with Crippen molar-refractivity contribution in [3.05, 3.63) is 48.0 Å². The molecule has 2 heterocycles. The fraction of sp³-hybridized carbons (Fsp3) is 0.0714. The van der Waals surface area contributed by atoms with Crippen molar-refractivity contribution >= 4 is 10.9 Å². The summed E-state index contributed by atoms with van der Waals surface area (Å²) in [5.41, 5.74) is 4.09. The van der Waals surface area contributed by atoms with Crippen LogP contribution in [0.15, 0.2) is 36.8 Å². The van der Waals surface area contributed by atoms with Gasteiger partial charge in [0.25, 0.3) is 0 Å². The van der Waals surface area contributed by atoms with Crippen LogP contribution in [0.1, 0.15) is 11.3 Å². The zero-order valence-electron chi connectivity index (χ0n) is 9.81. The third-order valence-electron chi connectivity index (χ3n) is 2.90. The number of nitrogens with zero attached hydrogens (tertiary/aromatic N) is 3. The van der Waals surface area contributed by atoms with Crippen molar-refractivity contribution in [1.82, 2.24) is 15.0 Å². The zero-order valence-corrected chi connectivity index (χ0v) is 9.81. The highest BCUT2D eigenvalue weighted by Gasteiger charge is 2.12. The maximum absolute atomic E-state index is 9.08. The molecule has 0 saturated heterocycles. The molecular weight excluding hydrogens is 224 g/mol. The maximum atomic E-state index is 9.08. The lowest BCUT2D eigenvalue weighted by Crippen LogP contribution is -1.91. The summed E-state index contributed by atoms with van der Waals surface area (Å²) in [6.45, 7) is 2.04. The molecule has 0 aliphatic heterocycles. The molecule has 0 amide bonds. The molecule has 0 bridgehead atoms. The molecule has 0 fully saturated rings. The number of rotatable bonds is 1. The average molecular weight is 234 g/mol. The second-order valence-electron chi connectivity index (χ2n) is 4.12. The van der Waals surface area contributed by atoms with E-state index < -0.39 is 0 Å². The molecule has 2 aromatic heterocycles. The quantitative estimate of drug-likeness (QED) is 0.704. The third kappa shape index (κ3) is 1.54. The number of hydrogen-bond acceptors (Lipinski definition) is 3. The number of nitriles is 1. The Hall–Kier alpha value is -2.67. The first-order valence-corrected chi connectivity index (χ1v) is 5.59. The number of aryl methyl sites for hydroxylation is 1. The van der Waals surface area contributed by atoms with Crippen molar-refractivity contribution in [3.63, 3.8) is 0 Å². The van der Waals surface area contributed by atoms with Crippen LogP contribution in [0.4, 0.5) is 0 Å². The molecule has 4 nitrogen and oxygen atoms in total. The smallest absolute Gasteiger partial charge is 0.166 e. The van der Waals surface area contributed by atoms with Crippen LogP contribution in [0.2, 0.25) is 0 Å². The van der Waals surface area contributed by atoms with E-state index in [1.165, 1.54) is 11.8 Å². The van der Waals surface area contributed by atoms with Crippen LogP contribution >= 0.6 is 0 Å². The summed E-state index contributed by atoms with van der Waals surface area (Å²) in [6, 6.07) is 8.23. The van der Waals surface area contributed by atoms with E-state index >= 15 is 0 Å². The van der Waals surface area contributed by atoms with Crippen LogP contribution < -0.4 is 0 Å². The first-order valence-electron chi connectivity index (χ1n) is 5.59. The fourth-order valence-corrected chi connectivity index (χ4v) is 2.05. The third-order valence-corrected chi connectivity index (χ3v) is 2.90. The Kier molecular flexibility index (Phi) is 2.31. The van der Waals surface area contributed by atoms with Crippen LogP contribution in [0.25, 0.3) is 22.2 Å². The Balaban J connectivity index is 2.32. The lowest BCUT2D eigenvalue weighted by Gasteiger charge is -2.00. The zero-order chi connectivity index (χ0) is 12.5. The number of aromatic amines is 1. The Morgan fingerprint density at radius 2 is 2.06 bits per heavy atom. The van der Waals surface area contributed by atoms with Crippen molar-refractivity contribution < 1.29 is 0 Å². The molecule has 0 aliphatic rings. The first-order chi connectivity index (χ1) is 8.79. The molecule has 1 N–H and O–H groups in total. The van der Waals surface area contributed by atoms with Gasteiger partial charge in [-0.05, 0) is 19.1 Å². The van der Waals surface area contributed by atoms with Crippen molar-refractivity contribution in [2.75, 3.05) is 0 Å². The van der Waals surface area contributed by atoms with Gasteiger partial charge in [0.05, 0.1) is 0 Å². The normalized spacial score (nSPS) is 10.4. The largest absolute Gasteiger partial charge is 0.360 e. The minimum absolute atomic E-state index is 0.347. The van der Waals surface area contributed by atoms with Gasteiger partial charge in [-0.3, -0.25) is 4.98 Å². The second kappa shape index (κ2) is 3.97. The molecule has 0 atom stereocenters. The topological polar surface area (TPSA) is 65.4 Å². The summed E-state index contributed by atoms with van der Waals surface area (Å²) in [5, 5.41) is 10.1. The Morgan fingerprint density at radius 3 is 2.89 bits per heavy atom. The van der Waals surface area contributed by atoms with Gasteiger partial charge in [0, 0.05) is 35.1 Å². The Labute approximate surface area is 104 Å². The molecular formula is C14H10N4. The van der Waals surface area contributed by atoms with Gasteiger partial charge in [0.1, 0.15) is 11.8 Å². The van der Waals surface area contributed by atoms with Gasteiger partial charge in [-0.25, -0.2) is 4.98 Å². The Bertz CT molecular complexity index is 765. The van der Waals surface area contributed by atoms with Crippen LogP contribution in [-0.4, -0.2) is 15.0 Å². The SMILES string of the molecule is Cc1ccc2[nH]cc(-c3nccnc3C#N)c2c1. The van der Waals surface area contributed by atoms with Gasteiger partial charge < -0.3 is 4.98 Å². The van der Waals surface area contributed by atoms with Gasteiger partial charge in [0.15, 0.2) is 5.69 Å². The first kappa shape index (κ1) is 10.5. The van der Waals surface area contributed by atoms with E-state index in [9.17, 15) is 0 Å². The number of hydrogen-bond donors (Lipinski definition) is 1. The van der Waals surface area contributed by atoms with Gasteiger partial charge in [-0.1, -0.05) is 11.6 Å². The molecule has 0 radical (unpaired) electrons. The Morgan fingerprint density at radius 1 is 1.22 bits per heavy atom. The van der Waals surface area contributed by atoms with Gasteiger partial charge in [-0.2, -0.15) is 5.26 Å². The standard InChI is InChI=1S/C14H10N4/c1-9-2-3-12-10(6-9)11(8-18-12)14-13(7-15)16-4-5-17-14/h2-6,8,18H,1H3. The molecule has 0 saturated carbocycles. The van der Waals surface area contributed by atoms with Crippen LogP contribution in [0.3, 0.4) is 0 Å². The number of benzene rings is 1. The average Bonchev–Trinajstić information content (AvgIpc) is 2.81. The van der Waals surface area contributed by atoms with Gasteiger partial charge in [0.2, 0.25) is 0 Å². The van der Waals surface area contributed by atoms with E-state index in [-0.39, 0.29) is 0 Å². The second-order valence-corrected chi connectivity index (χ2v) is 4.12. The molecule has 0 unspecified atom stereocenters. The molecule has 4 heteroatoms.